The van der Waals surface area contributed by atoms with Crippen molar-refractivity contribution in [2.24, 2.45) is 0 Å². The fraction of sp³-hybridized carbons (Fsp3) is 0.588. The number of likely N-dealkylation sites (tertiary alicyclic amines) is 1. The Morgan fingerprint density at radius 3 is 2.43 bits per heavy atom. The molecule has 28 heavy (non-hydrogen) atoms. The highest BCUT2D eigenvalue weighted by Gasteiger charge is 2.31. The summed E-state index contributed by atoms with van der Waals surface area (Å²) < 4.78 is 62.9. The number of halogens is 3. The molecule has 2 unspecified atom stereocenters. The van der Waals surface area contributed by atoms with Crippen molar-refractivity contribution in [2.75, 3.05) is 18.4 Å². The molecule has 2 N–H and O–H groups in total. The van der Waals surface area contributed by atoms with Crippen LogP contribution in [-0.4, -0.2) is 50.6 Å². The third-order valence-corrected chi connectivity index (χ3v) is 5.35. The Bertz CT molecular complexity index is 665. The first-order valence-electron chi connectivity index (χ1n) is 8.93. The maximum Gasteiger partial charge on any atom is 0.573 e. The predicted octanol–water partition coefficient (Wildman–Crippen LogP) is 3.18. The van der Waals surface area contributed by atoms with E-state index in [0.717, 1.165) is 18.6 Å². The molecule has 1 aromatic rings. The van der Waals surface area contributed by atoms with Crippen molar-refractivity contribution in [3.05, 3.63) is 24.3 Å². The second-order valence-electron chi connectivity index (χ2n) is 6.48. The Hall–Kier alpha value is -1.85. The number of nitrogens with one attached hydrogen (secondary N) is 2. The number of ether oxygens (including phenoxy) is 1. The highest BCUT2D eigenvalue weighted by atomic mass is 32.2. The van der Waals surface area contributed by atoms with Crippen molar-refractivity contribution in [2.45, 2.75) is 50.4 Å². The van der Waals surface area contributed by atoms with E-state index < -0.39 is 28.8 Å². The number of amides is 2. The van der Waals surface area contributed by atoms with Gasteiger partial charge in [0.1, 0.15) is 5.75 Å². The molecule has 0 aromatic heterocycles. The number of anilines is 1. The normalized spacial score (nSPS) is 18.3. The first kappa shape index (κ1) is 22.4. The number of urea groups is 1. The van der Waals surface area contributed by atoms with E-state index in [1.165, 1.54) is 12.1 Å². The minimum absolute atomic E-state index is 0.105. The molecule has 2 atom stereocenters. The molecule has 158 valence electrons. The van der Waals surface area contributed by atoms with E-state index in [2.05, 4.69) is 15.4 Å². The van der Waals surface area contributed by atoms with E-state index in [1.807, 2.05) is 11.8 Å². The first-order chi connectivity index (χ1) is 13.2. The first-order valence-corrected chi connectivity index (χ1v) is 10.1. The number of benzene rings is 1. The molecule has 0 bridgehead atoms. The molecule has 0 aliphatic carbocycles. The molecule has 7 nitrogen and oxygen atoms in total. The van der Waals surface area contributed by atoms with Crippen LogP contribution in [0.3, 0.4) is 0 Å². The van der Waals surface area contributed by atoms with Gasteiger partial charge in [-0.3, -0.25) is 9.11 Å². The van der Waals surface area contributed by atoms with Crippen molar-refractivity contribution >= 4 is 22.8 Å². The number of carbonyl (C=O) groups excluding carboxylic acids is 1. The lowest BCUT2D eigenvalue weighted by Crippen LogP contribution is -2.49. The number of rotatable bonds is 7. The number of hydrogen-bond acceptors (Lipinski definition) is 5. The van der Waals surface area contributed by atoms with Gasteiger partial charge in [-0.1, -0.05) is 13.3 Å². The van der Waals surface area contributed by atoms with Gasteiger partial charge in [-0.25, -0.2) is 4.79 Å². The standard InChI is InChI=1S/C17H24F3N3O4S/c1-2-3-15(28(25)26)23-10-8-13(9-11-23)22-16(24)21-12-4-6-14(7-5-12)27-17(18,19)20/h4-7,13,15H,2-3,8-11H2,1H3,(H,25,26)(H2,21,22,24)/p-1. The molecule has 2 amide bonds. The molecular weight excluding hydrogens is 399 g/mol. The van der Waals surface area contributed by atoms with Crippen LogP contribution in [0.5, 0.6) is 5.75 Å². The van der Waals surface area contributed by atoms with Crippen LogP contribution < -0.4 is 15.4 Å². The number of nitrogens with zero attached hydrogens (tertiary/aromatic N) is 1. The average molecular weight is 422 g/mol. The van der Waals surface area contributed by atoms with Crippen molar-refractivity contribution in [3.63, 3.8) is 0 Å². The van der Waals surface area contributed by atoms with Gasteiger partial charge in [-0.2, -0.15) is 0 Å². The number of alkyl halides is 3. The van der Waals surface area contributed by atoms with Crippen molar-refractivity contribution < 1.29 is 31.5 Å². The largest absolute Gasteiger partial charge is 0.771 e. The maximum atomic E-state index is 12.1. The highest BCUT2D eigenvalue weighted by Crippen LogP contribution is 2.24. The lowest BCUT2D eigenvalue weighted by molar-refractivity contribution is -0.274. The SMILES string of the molecule is CCCC(N1CCC(NC(=O)Nc2ccc(OC(F)(F)F)cc2)CC1)S(=O)[O-]. The van der Waals surface area contributed by atoms with Crippen molar-refractivity contribution in [1.82, 2.24) is 10.2 Å². The smallest absolute Gasteiger partial charge is 0.573 e. The van der Waals surface area contributed by atoms with Gasteiger partial charge in [0, 0.05) is 24.8 Å². The zero-order valence-electron chi connectivity index (χ0n) is 15.3. The summed E-state index contributed by atoms with van der Waals surface area (Å²) in [6.07, 6.45) is -2.20. The third-order valence-electron chi connectivity index (χ3n) is 4.38. The average Bonchev–Trinajstić information content (AvgIpc) is 2.61. The van der Waals surface area contributed by atoms with Crippen LogP contribution in [0.2, 0.25) is 0 Å². The third kappa shape index (κ3) is 7.28. The van der Waals surface area contributed by atoms with Gasteiger partial charge in [0.15, 0.2) is 0 Å². The summed E-state index contributed by atoms with van der Waals surface area (Å²) in [4.78, 5) is 14.0. The molecule has 0 spiro atoms. The van der Waals surface area contributed by atoms with Gasteiger partial charge < -0.3 is 19.9 Å². The number of piperidine rings is 1. The molecule has 1 heterocycles. The van der Waals surface area contributed by atoms with E-state index >= 15 is 0 Å². The van der Waals surface area contributed by atoms with Gasteiger partial charge in [-0.15, -0.1) is 13.2 Å². The van der Waals surface area contributed by atoms with Gasteiger partial charge in [-0.05, 0) is 54.6 Å². The summed E-state index contributed by atoms with van der Waals surface area (Å²) in [5.74, 6) is -0.372. The second-order valence-corrected chi connectivity index (χ2v) is 7.55. The van der Waals surface area contributed by atoms with Crippen LogP contribution in [0.1, 0.15) is 32.6 Å². The minimum atomic E-state index is -4.77. The Labute approximate surface area is 163 Å². The highest BCUT2D eigenvalue weighted by molar-refractivity contribution is 7.79. The van der Waals surface area contributed by atoms with Crippen LogP contribution in [0, 0.1) is 0 Å². The molecule has 0 saturated carbocycles. The molecule has 2 rings (SSSR count). The Kier molecular flexibility index (Phi) is 8.08. The monoisotopic (exact) mass is 422 g/mol. The zero-order chi connectivity index (χ0) is 20.7. The fourth-order valence-corrected chi connectivity index (χ4v) is 3.95. The zero-order valence-corrected chi connectivity index (χ0v) is 16.1. The molecular formula is C17H23F3N3O4S-. The molecule has 1 aliphatic rings. The molecule has 1 aliphatic heterocycles. The second kappa shape index (κ2) is 10.1. The van der Waals surface area contributed by atoms with E-state index in [0.29, 0.717) is 38.0 Å². The van der Waals surface area contributed by atoms with Crippen LogP contribution in [0.15, 0.2) is 24.3 Å². The van der Waals surface area contributed by atoms with Crippen LogP contribution in [0.4, 0.5) is 23.7 Å². The van der Waals surface area contributed by atoms with E-state index in [1.54, 1.807) is 0 Å². The Morgan fingerprint density at radius 1 is 1.32 bits per heavy atom. The lowest BCUT2D eigenvalue weighted by Gasteiger charge is -2.38. The van der Waals surface area contributed by atoms with Gasteiger partial charge in [0.2, 0.25) is 0 Å². The lowest BCUT2D eigenvalue weighted by atomic mass is 10.0. The van der Waals surface area contributed by atoms with Crippen LogP contribution in [-0.2, 0) is 11.1 Å². The van der Waals surface area contributed by atoms with Gasteiger partial charge in [0.25, 0.3) is 0 Å². The number of hydrogen-bond donors (Lipinski definition) is 2. The van der Waals surface area contributed by atoms with E-state index in [9.17, 15) is 26.7 Å². The summed E-state index contributed by atoms with van der Waals surface area (Å²) >= 11 is -2.16. The van der Waals surface area contributed by atoms with Crippen molar-refractivity contribution in [1.29, 1.82) is 0 Å². The maximum absolute atomic E-state index is 12.1. The summed E-state index contributed by atoms with van der Waals surface area (Å²) in [6.45, 7) is 3.06. The van der Waals surface area contributed by atoms with E-state index in [4.69, 9.17) is 0 Å². The molecule has 11 heteroatoms. The summed E-state index contributed by atoms with van der Waals surface area (Å²) in [7, 11) is 0. The number of carbonyl (C=O) groups is 1. The van der Waals surface area contributed by atoms with E-state index in [-0.39, 0.29) is 11.8 Å². The summed E-state index contributed by atoms with van der Waals surface area (Å²) in [5.41, 5.74) is 0.328. The molecule has 1 aromatic carbocycles. The van der Waals surface area contributed by atoms with Gasteiger partial charge >= 0.3 is 12.4 Å². The van der Waals surface area contributed by atoms with Crippen LogP contribution >= 0.6 is 0 Å². The molecule has 1 fully saturated rings. The quantitative estimate of drug-likeness (QED) is 0.659. The topological polar surface area (TPSA) is 93.7 Å². The van der Waals surface area contributed by atoms with Crippen molar-refractivity contribution in [3.8, 4) is 5.75 Å². The Morgan fingerprint density at radius 2 is 1.93 bits per heavy atom. The summed E-state index contributed by atoms with van der Waals surface area (Å²) in [6, 6.07) is 4.26. The summed E-state index contributed by atoms with van der Waals surface area (Å²) in [5, 5.41) is 4.85. The van der Waals surface area contributed by atoms with Gasteiger partial charge in [0.05, 0.1) is 5.37 Å². The molecule has 0 radical (unpaired) electrons. The molecule has 1 saturated heterocycles. The van der Waals surface area contributed by atoms with Crippen LogP contribution in [0.25, 0.3) is 0 Å². The predicted molar refractivity (Wildman–Crippen MR) is 97.5 cm³/mol. The minimum Gasteiger partial charge on any atom is -0.771 e. The fourth-order valence-electron chi connectivity index (χ4n) is 3.07. The Balaban J connectivity index is 1.79.